The molecule has 1 aromatic carbocycles. The van der Waals surface area contributed by atoms with Crippen molar-refractivity contribution in [1.29, 1.82) is 0 Å². The fourth-order valence-corrected chi connectivity index (χ4v) is 1.41. The number of carbonyl (C=O) groups excluding carboxylic acids is 1. The van der Waals surface area contributed by atoms with Crippen molar-refractivity contribution in [2.24, 2.45) is 5.10 Å². The average Bonchev–Trinajstić information content (AvgIpc) is 2.66. The summed E-state index contributed by atoms with van der Waals surface area (Å²) in [5.41, 5.74) is 0.775. The Labute approximate surface area is 88.2 Å². The lowest BCUT2D eigenvalue weighted by atomic mass is 10.3. The molecular formula is C11H12N2O2. The van der Waals surface area contributed by atoms with E-state index in [1.807, 2.05) is 31.2 Å². The van der Waals surface area contributed by atoms with E-state index in [-0.39, 0.29) is 5.91 Å². The van der Waals surface area contributed by atoms with Gasteiger partial charge in [-0.05, 0) is 31.2 Å². The number of amides is 1. The Hall–Kier alpha value is -1.84. The van der Waals surface area contributed by atoms with E-state index in [1.54, 1.807) is 6.21 Å². The summed E-state index contributed by atoms with van der Waals surface area (Å²) in [4.78, 5) is 11.4. The van der Waals surface area contributed by atoms with Crippen LogP contribution in [-0.2, 0) is 4.79 Å². The van der Waals surface area contributed by atoms with Crippen LogP contribution in [0.25, 0.3) is 0 Å². The lowest BCUT2D eigenvalue weighted by molar-refractivity contribution is -0.116. The fraction of sp³-hybridized carbons (Fsp3) is 0.273. The van der Waals surface area contributed by atoms with E-state index >= 15 is 0 Å². The normalized spacial score (nSPS) is 14.7. The lowest BCUT2D eigenvalue weighted by Crippen LogP contribution is -2.19. The summed E-state index contributed by atoms with van der Waals surface area (Å²) in [6.07, 6.45) is 1.99. The SMILES string of the molecule is CCOc1ccc(N2N=CCC2=O)cc1. The molecule has 0 aliphatic carbocycles. The molecule has 0 saturated carbocycles. The van der Waals surface area contributed by atoms with Crippen LogP contribution in [0.15, 0.2) is 29.4 Å². The Morgan fingerprint density at radius 3 is 2.67 bits per heavy atom. The molecule has 0 spiro atoms. The third-order valence-corrected chi connectivity index (χ3v) is 2.09. The molecule has 1 heterocycles. The van der Waals surface area contributed by atoms with Gasteiger partial charge in [0.05, 0.1) is 18.7 Å². The van der Waals surface area contributed by atoms with Gasteiger partial charge in [0.2, 0.25) is 0 Å². The monoisotopic (exact) mass is 204 g/mol. The molecule has 2 rings (SSSR count). The Morgan fingerprint density at radius 1 is 1.40 bits per heavy atom. The van der Waals surface area contributed by atoms with Crippen molar-refractivity contribution in [3.8, 4) is 5.75 Å². The maximum Gasteiger partial charge on any atom is 0.252 e. The molecule has 4 nitrogen and oxygen atoms in total. The maximum absolute atomic E-state index is 11.4. The van der Waals surface area contributed by atoms with E-state index in [4.69, 9.17) is 4.74 Å². The molecule has 4 heteroatoms. The van der Waals surface area contributed by atoms with Crippen LogP contribution >= 0.6 is 0 Å². The lowest BCUT2D eigenvalue weighted by Gasteiger charge is -2.12. The van der Waals surface area contributed by atoms with Crippen LogP contribution in [0, 0.1) is 0 Å². The summed E-state index contributed by atoms with van der Waals surface area (Å²) < 4.78 is 5.31. The van der Waals surface area contributed by atoms with Crippen LogP contribution in [0.5, 0.6) is 5.75 Å². The van der Waals surface area contributed by atoms with Gasteiger partial charge in [-0.1, -0.05) is 0 Å². The van der Waals surface area contributed by atoms with Crippen molar-refractivity contribution < 1.29 is 9.53 Å². The minimum Gasteiger partial charge on any atom is -0.494 e. The molecule has 0 saturated heterocycles. The number of hydrogen-bond acceptors (Lipinski definition) is 3. The van der Waals surface area contributed by atoms with E-state index in [1.165, 1.54) is 5.01 Å². The van der Waals surface area contributed by atoms with E-state index < -0.39 is 0 Å². The van der Waals surface area contributed by atoms with Gasteiger partial charge in [-0.15, -0.1) is 0 Å². The Balaban J connectivity index is 2.16. The summed E-state index contributed by atoms with van der Waals surface area (Å²) in [6.45, 7) is 2.57. The van der Waals surface area contributed by atoms with Crippen molar-refractivity contribution in [3.05, 3.63) is 24.3 Å². The van der Waals surface area contributed by atoms with Gasteiger partial charge >= 0.3 is 0 Å². The van der Waals surface area contributed by atoms with Gasteiger partial charge in [0.25, 0.3) is 5.91 Å². The summed E-state index contributed by atoms with van der Waals surface area (Å²) in [5.74, 6) is 0.802. The van der Waals surface area contributed by atoms with Crippen molar-refractivity contribution in [2.45, 2.75) is 13.3 Å². The van der Waals surface area contributed by atoms with Crippen molar-refractivity contribution in [2.75, 3.05) is 11.6 Å². The van der Waals surface area contributed by atoms with Gasteiger partial charge in [0.15, 0.2) is 0 Å². The number of rotatable bonds is 3. The van der Waals surface area contributed by atoms with Crippen LogP contribution in [0.1, 0.15) is 13.3 Å². The first-order valence-electron chi connectivity index (χ1n) is 4.89. The maximum atomic E-state index is 11.4. The first kappa shape index (κ1) is 9.71. The van der Waals surface area contributed by atoms with Crippen molar-refractivity contribution in [3.63, 3.8) is 0 Å². The van der Waals surface area contributed by atoms with Crippen LogP contribution in [0.4, 0.5) is 5.69 Å². The topological polar surface area (TPSA) is 41.9 Å². The molecule has 0 aromatic heterocycles. The van der Waals surface area contributed by atoms with E-state index in [2.05, 4.69) is 5.10 Å². The highest BCUT2D eigenvalue weighted by atomic mass is 16.5. The smallest absolute Gasteiger partial charge is 0.252 e. The third kappa shape index (κ3) is 1.98. The Morgan fingerprint density at radius 2 is 2.13 bits per heavy atom. The molecule has 0 unspecified atom stereocenters. The molecule has 0 radical (unpaired) electrons. The van der Waals surface area contributed by atoms with E-state index in [9.17, 15) is 4.79 Å². The van der Waals surface area contributed by atoms with Crippen LogP contribution in [0.3, 0.4) is 0 Å². The number of hydrazone groups is 1. The molecule has 78 valence electrons. The van der Waals surface area contributed by atoms with Gasteiger partial charge < -0.3 is 4.74 Å². The zero-order valence-corrected chi connectivity index (χ0v) is 8.51. The quantitative estimate of drug-likeness (QED) is 0.753. The number of carbonyl (C=O) groups is 1. The molecule has 15 heavy (non-hydrogen) atoms. The standard InChI is InChI=1S/C11H12N2O2/c1-2-15-10-5-3-9(4-6-10)13-11(14)7-8-12-13/h3-6,8H,2,7H2,1H3. The second-order valence-electron chi connectivity index (χ2n) is 3.13. The van der Waals surface area contributed by atoms with Gasteiger partial charge in [-0.2, -0.15) is 5.10 Å². The van der Waals surface area contributed by atoms with Crippen LogP contribution < -0.4 is 9.75 Å². The molecule has 0 fully saturated rings. The highest BCUT2D eigenvalue weighted by Crippen LogP contribution is 2.21. The molecule has 1 aromatic rings. The molecule has 0 atom stereocenters. The van der Waals surface area contributed by atoms with E-state index in [0.29, 0.717) is 13.0 Å². The molecule has 1 aliphatic rings. The number of ether oxygens (including phenoxy) is 1. The number of hydrogen-bond donors (Lipinski definition) is 0. The highest BCUT2D eigenvalue weighted by molar-refractivity contribution is 6.05. The minimum absolute atomic E-state index is 0.000778. The Kier molecular flexibility index (Phi) is 2.67. The number of anilines is 1. The zero-order valence-electron chi connectivity index (χ0n) is 8.51. The minimum atomic E-state index is -0.000778. The summed E-state index contributed by atoms with van der Waals surface area (Å²) >= 11 is 0. The van der Waals surface area contributed by atoms with Gasteiger partial charge in [0, 0.05) is 6.21 Å². The molecule has 1 aliphatic heterocycles. The van der Waals surface area contributed by atoms with Crippen LogP contribution in [-0.4, -0.2) is 18.7 Å². The molecular weight excluding hydrogens is 192 g/mol. The predicted octanol–water partition coefficient (Wildman–Crippen LogP) is 1.81. The van der Waals surface area contributed by atoms with Gasteiger partial charge in [-0.3, -0.25) is 4.79 Å². The molecule has 1 amide bonds. The molecule has 0 bridgehead atoms. The number of nitrogens with zero attached hydrogens (tertiary/aromatic N) is 2. The predicted molar refractivity (Wildman–Crippen MR) is 58.2 cm³/mol. The summed E-state index contributed by atoms with van der Waals surface area (Å²) in [6, 6.07) is 7.32. The van der Waals surface area contributed by atoms with Gasteiger partial charge in [-0.25, -0.2) is 5.01 Å². The van der Waals surface area contributed by atoms with Gasteiger partial charge in [0.1, 0.15) is 5.75 Å². The van der Waals surface area contributed by atoms with Crippen molar-refractivity contribution >= 4 is 17.8 Å². The summed E-state index contributed by atoms with van der Waals surface area (Å²) in [7, 11) is 0. The second kappa shape index (κ2) is 4.13. The third-order valence-electron chi connectivity index (χ3n) is 2.09. The second-order valence-corrected chi connectivity index (χ2v) is 3.13. The van der Waals surface area contributed by atoms with Crippen LogP contribution in [0.2, 0.25) is 0 Å². The fourth-order valence-electron chi connectivity index (χ4n) is 1.41. The Bertz CT molecular complexity index is 384. The zero-order chi connectivity index (χ0) is 10.7. The largest absolute Gasteiger partial charge is 0.494 e. The van der Waals surface area contributed by atoms with E-state index in [0.717, 1.165) is 11.4 Å². The molecule has 0 N–H and O–H groups in total. The average molecular weight is 204 g/mol. The first-order chi connectivity index (χ1) is 7.31. The summed E-state index contributed by atoms with van der Waals surface area (Å²) in [5, 5.41) is 5.38. The van der Waals surface area contributed by atoms with Crippen molar-refractivity contribution in [1.82, 2.24) is 0 Å². The highest BCUT2D eigenvalue weighted by Gasteiger charge is 2.18. The first-order valence-corrected chi connectivity index (χ1v) is 4.89. The number of benzene rings is 1.